The molecule has 0 aromatic heterocycles. The predicted molar refractivity (Wildman–Crippen MR) is 165 cm³/mol. The van der Waals surface area contributed by atoms with Crippen LogP contribution in [0.4, 0.5) is 15.8 Å². The minimum atomic E-state index is -0.428. The van der Waals surface area contributed by atoms with E-state index in [0.29, 0.717) is 0 Å². The molecule has 0 fully saturated rings. The molecule has 0 radical (unpaired) electrons. The van der Waals surface area contributed by atoms with E-state index in [0.717, 1.165) is 29.1 Å². The smallest absolute Gasteiger partial charge is 0.209 e. The Labute approximate surface area is 231 Å². The summed E-state index contributed by atoms with van der Waals surface area (Å²) in [6, 6.07) is 18.0. The molecule has 0 spiro atoms. The molecule has 196 valence electrons. The van der Waals surface area contributed by atoms with Crippen LogP contribution in [0.5, 0.6) is 0 Å². The highest BCUT2D eigenvalue weighted by molar-refractivity contribution is 6.03. The number of fused-ring (bicyclic) bond motifs is 4. The summed E-state index contributed by atoms with van der Waals surface area (Å²) in [5, 5.41) is 2.46. The number of likely N-dealkylation sites (N-methyl/N-ethyl adjacent to an activating group) is 1. The molecule has 0 saturated carbocycles. The number of allylic oxidation sites excluding steroid dienone is 8. The Bertz CT molecular complexity index is 1630. The van der Waals surface area contributed by atoms with Crippen LogP contribution in [0.2, 0.25) is 0 Å². The molecule has 0 bridgehead atoms. The molecule has 0 N–H and O–H groups in total. The zero-order chi connectivity index (χ0) is 27.8. The molecular weight excluding hydrogens is 479 g/mol. The third-order valence-electron chi connectivity index (χ3n) is 8.34. The number of halogens is 1. The van der Waals surface area contributed by atoms with Crippen molar-refractivity contribution in [2.45, 2.75) is 31.1 Å². The summed E-state index contributed by atoms with van der Waals surface area (Å²) in [5.41, 5.74) is 5.98. The zero-order valence-corrected chi connectivity index (χ0v) is 23.3. The maximum absolute atomic E-state index is 14.2. The first-order valence-electron chi connectivity index (χ1n) is 13.4. The maximum Gasteiger partial charge on any atom is 0.209 e. The lowest BCUT2D eigenvalue weighted by Crippen LogP contribution is -2.30. The van der Waals surface area contributed by atoms with Crippen molar-refractivity contribution in [3.05, 3.63) is 145 Å². The van der Waals surface area contributed by atoms with E-state index in [1.54, 1.807) is 6.07 Å². The molecule has 3 aromatic carbocycles. The second-order valence-electron chi connectivity index (χ2n) is 10.5. The standard InChI is InChI=1S/C36H36FN2/c1-7-23-35(4)29-25-27(37)20-22-30(29)38(5)32(35)17-11-10-12-18-33-36(9-3,24-8-2)34-28-16-14-13-15-26(28)19-21-31(34)39(33)6/h7-22,24-25H,1,3,23H2,2,4-6H3/q+1/b24-8+. The summed E-state index contributed by atoms with van der Waals surface area (Å²) in [6.07, 6.45) is 19.6. The fourth-order valence-corrected chi connectivity index (χ4v) is 6.50. The average molecular weight is 516 g/mol. The van der Waals surface area contributed by atoms with E-state index in [9.17, 15) is 4.39 Å². The van der Waals surface area contributed by atoms with E-state index in [1.807, 2.05) is 19.2 Å². The van der Waals surface area contributed by atoms with Crippen molar-refractivity contribution in [2.24, 2.45) is 0 Å². The molecule has 0 amide bonds. The molecule has 2 nitrogen and oxygen atoms in total. The minimum absolute atomic E-state index is 0.213. The molecule has 2 aliphatic heterocycles. The second-order valence-corrected chi connectivity index (χ2v) is 10.5. The van der Waals surface area contributed by atoms with Crippen LogP contribution < -0.4 is 4.90 Å². The zero-order valence-electron chi connectivity index (χ0n) is 23.3. The van der Waals surface area contributed by atoms with Gasteiger partial charge in [0, 0.05) is 41.7 Å². The monoisotopic (exact) mass is 515 g/mol. The Morgan fingerprint density at radius 2 is 1.82 bits per heavy atom. The van der Waals surface area contributed by atoms with Gasteiger partial charge in [0.1, 0.15) is 12.9 Å². The third-order valence-corrected chi connectivity index (χ3v) is 8.34. The van der Waals surface area contributed by atoms with Gasteiger partial charge in [0.25, 0.3) is 0 Å². The van der Waals surface area contributed by atoms with Gasteiger partial charge >= 0.3 is 0 Å². The highest BCUT2D eigenvalue weighted by Crippen LogP contribution is 2.52. The van der Waals surface area contributed by atoms with Gasteiger partial charge in [-0.1, -0.05) is 72.9 Å². The highest BCUT2D eigenvalue weighted by Gasteiger charge is 2.46. The van der Waals surface area contributed by atoms with Crippen LogP contribution in [0.3, 0.4) is 0 Å². The van der Waals surface area contributed by atoms with Gasteiger partial charge in [0.15, 0.2) is 5.71 Å². The van der Waals surface area contributed by atoms with Crippen LogP contribution in [0.1, 0.15) is 31.4 Å². The summed E-state index contributed by atoms with van der Waals surface area (Å²) in [4.78, 5) is 2.27. The van der Waals surface area contributed by atoms with Gasteiger partial charge in [-0.05, 0) is 55.3 Å². The summed E-state index contributed by atoms with van der Waals surface area (Å²) in [5.74, 6) is -0.213. The fraction of sp³-hybridized carbons (Fsp3) is 0.194. The molecule has 3 heteroatoms. The first-order valence-corrected chi connectivity index (χ1v) is 13.4. The van der Waals surface area contributed by atoms with Gasteiger partial charge < -0.3 is 4.90 Å². The van der Waals surface area contributed by atoms with E-state index < -0.39 is 5.41 Å². The largest absolute Gasteiger partial charge is 0.346 e. The van der Waals surface area contributed by atoms with Gasteiger partial charge in [-0.15, -0.1) is 13.2 Å². The molecule has 2 unspecified atom stereocenters. The predicted octanol–water partition coefficient (Wildman–Crippen LogP) is 8.69. The van der Waals surface area contributed by atoms with E-state index in [4.69, 9.17) is 0 Å². The van der Waals surface area contributed by atoms with E-state index in [2.05, 4.69) is 129 Å². The SMILES string of the molecule is C=CCC1(C)C(/C=C/C=C/C=C2/N(C)c3ccc4ccccc4c3C2(C=C)/C=C/C)=[N+](C)c2ccc(F)cc21. The van der Waals surface area contributed by atoms with E-state index in [1.165, 1.54) is 28.1 Å². The van der Waals surface area contributed by atoms with Crippen LogP contribution in [0.15, 0.2) is 128 Å². The number of rotatable bonds is 7. The fourth-order valence-electron chi connectivity index (χ4n) is 6.50. The lowest BCUT2D eigenvalue weighted by atomic mass is 9.76. The van der Waals surface area contributed by atoms with Crippen molar-refractivity contribution < 1.29 is 8.97 Å². The van der Waals surface area contributed by atoms with Crippen molar-refractivity contribution >= 4 is 27.9 Å². The van der Waals surface area contributed by atoms with Crippen LogP contribution in [0, 0.1) is 5.82 Å². The normalized spacial score (nSPS) is 23.6. The first kappa shape index (κ1) is 26.4. The van der Waals surface area contributed by atoms with Gasteiger partial charge in [-0.3, -0.25) is 0 Å². The Kier molecular flexibility index (Phi) is 6.86. The van der Waals surface area contributed by atoms with Gasteiger partial charge in [0.05, 0.1) is 10.8 Å². The molecule has 5 rings (SSSR count). The second kappa shape index (κ2) is 10.1. The van der Waals surface area contributed by atoms with Crippen LogP contribution >= 0.6 is 0 Å². The highest BCUT2D eigenvalue weighted by atomic mass is 19.1. The van der Waals surface area contributed by atoms with Crippen LogP contribution in [0.25, 0.3) is 10.8 Å². The Morgan fingerprint density at radius 1 is 1.03 bits per heavy atom. The summed E-state index contributed by atoms with van der Waals surface area (Å²) >= 11 is 0. The summed E-state index contributed by atoms with van der Waals surface area (Å²) < 4.78 is 16.3. The maximum atomic E-state index is 14.2. The third kappa shape index (κ3) is 4.04. The quantitative estimate of drug-likeness (QED) is 0.173. The molecule has 0 saturated heterocycles. The van der Waals surface area contributed by atoms with Crippen LogP contribution in [-0.4, -0.2) is 24.4 Å². The van der Waals surface area contributed by atoms with Crippen molar-refractivity contribution in [2.75, 3.05) is 19.0 Å². The van der Waals surface area contributed by atoms with Gasteiger partial charge in [0.2, 0.25) is 5.69 Å². The lowest BCUT2D eigenvalue weighted by molar-refractivity contribution is -0.401. The number of hydrogen-bond acceptors (Lipinski definition) is 1. The molecule has 2 heterocycles. The number of anilines is 1. The molecule has 2 aliphatic rings. The minimum Gasteiger partial charge on any atom is -0.346 e. The molecular formula is C36H36FN2+. The van der Waals surface area contributed by atoms with Crippen molar-refractivity contribution in [3.63, 3.8) is 0 Å². The van der Waals surface area contributed by atoms with Gasteiger partial charge in [-0.25, -0.2) is 4.39 Å². The first-order chi connectivity index (χ1) is 18.8. The molecule has 39 heavy (non-hydrogen) atoms. The number of benzene rings is 3. The van der Waals surface area contributed by atoms with Crippen molar-refractivity contribution in [3.8, 4) is 0 Å². The Hall–Kier alpha value is -4.24. The lowest BCUT2D eigenvalue weighted by Gasteiger charge is -2.26. The molecule has 3 aromatic rings. The van der Waals surface area contributed by atoms with E-state index in [-0.39, 0.29) is 11.2 Å². The summed E-state index contributed by atoms with van der Waals surface area (Å²) in [6.45, 7) is 12.5. The van der Waals surface area contributed by atoms with Crippen molar-refractivity contribution in [1.29, 1.82) is 0 Å². The number of nitrogens with zero attached hydrogens (tertiary/aromatic N) is 2. The Balaban J connectivity index is 1.52. The topological polar surface area (TPSA) is 6.25 Å². The molecule has 2 atom stereocenters. The number of hydrogen-bond donors (Lipinski definition) is 0. The summed E-state index contributed by atoms with van der Waals surface area (Å²) in [7, 11) is 4.17. The van der Waals surface area contributed by atoms with Gasteiger partial charge in [-0.2, -0.15) is 4.58 Å². The van der Waals surface area contributed by atoms with Crippen molar-refractivity contribution in [1.82, 2.24) is 0 Å². The average Bonchev–Trinajstić information content (AvgIpc) is 3.29. The molecule has 0 aliphatic carbocycles. The Morgan fingerprint density at radius 3 is 2.56 bits per heavy atom. The van der Waals surface area contributed by atoms with E-state index >= 15 is 0 Å². The van der Waals surface area contributed by atoms with Crippen LogP contribution in [-0.2, 0) is 10.8 Å².